The molecule has 0 saturated carbocycles. The summed E-state index contributed by atoms with van der Waals surface area (Å²) < 4.78 is 0.463. The van der Waals surface area contributed by atoms with E-state index in [9.17, 15) is 20.2 Å². The third kappa shape index (κ3) is 4.68. The van der Waals surface area contributed by atoms with Crippen LogP contribution in [0.4, 0.5) is 22.7 Å². The molecule has 0 aromatic heterocycles. The summed E-state index contributed by atoms with van der Waals surface area (Å²) in [6, 6.07) is 7.41. The second kappa shape index (κ2) is 7.95. The Hall–Kier alpha value is -2.10. The Balaban J connectivity index is 0.000000231. The first-order valence-electron chi connectivity index (χ1n) is 5.73. The predicted octanol–water partition coefficient (Wildman–Crippen LogP) is 4.42. The van der Waals surface area contributed by atoms with Crippen molar-refractivity contribution in [2.45, 2.75) is 0 Å². The van der Waals surface area contributed by atoms with Crippen molar-refractivity contribution in [3.8, 4) is 0 Å². The smallest absolute Gasteiger partial charge is 0.311 e. The lowest BCUT2D eigenvalue weighted by molar-refractivity contribution is -0.383. The molecule has 0 saturated heterocycles. The molecule has 0 fully saturated rings. The van der Waals surface area contributed by atoms with Crippen molar-refractivity contribution >= 4 is 61.9 Å². The summed E-state index contributed by atoms with van der Waals surface area (Å²) in [6.45, 7) is 0. The zero-order chi connectivity index (χ0) is 17.7. The Morgan fingerprint density at radius 3 is 1.83 bits per heavy atom. The molecule has 11 heteroatoms. The van der Waals surface area contributed by atoms with Crippen LogP contribution in [0.1, 0.15) is 0 Å². The summed E-state index contributed by atoms with van der Waals surface area (Å²) in [6.07, 6.45) is 0. The van der Waals surface area contributed by atoms with Crippen LogP contribution in [0.5, 0.6) is 0 Å². The van der Waals surface area contributed by atoms with Gasteiger partial charge in [0.2, 0.25) is 0 Å². The van der Waals surface area contributed by atoms with Crippen LogP contribution in [-0.2, 0) is 0 Å². The second-order valence-electron chi connectivity index (χ2n) is 3.99. The normalized spacial score (nSPS) is 9.70. The molecule has 23 heavy (non-hydrogen) atoms. The van der Waals surface area contributed by atoms with E-state index < -0.39 is 9.85 Å². The van der Waals surface area contributed by atoms with Gasteiger partial charge in [0.1, 0.15) is 21.4 Å². The first-order chi connectivity index (χ1) is 10.7. The maximum absolute atomic E-state index is 10.4. The van der Waals surface area contributed by atoms with E-state index in [1.165, 1.54) is 18.2 Å². The molecule has 2 aromatic rings. The van der Waals surface area contributed by atoms with Crippen molar-refractivity contribution in [1.29, 1.82) is 0 Å². The molecule has 0 unspecified atom stereocenters. The van der Waals surface area contributed by atoms with Gasteiger partial charge < -0.3 is 11.5 Å². The minimum absolute atomic E-state index is 0.0278. The van der Waals surface area contributed by atoms with Gasteiger partial charge in [-0.1, -0.05) is 29.3 Å². The quantitative estimate of drug-likeness (QED) is 0.416. The van der Waals surface area contributed by atoms with Crippen molar-refractivity contribution in [3.05, 3.63) is 65.1 Å². The minimum atomic E-state index is -0.609. The van der Waals surface area contributed by atoms with E-state index in [0.717, 1.165) is 0 Å². The number of hydrogen-bond donors (Lipinski definition) is 2. The second-order valence-corrected chi connectivity index (χ2v) is 5.63. The number of anilines is 2. The van der Waals surface area contributed by atoms with Gasteiger partial charge in [-0.25, -0.2) is 0 Å². The zero-order valence-electron chi connectivity index (χ0n) is 11.2. The van der Waals surface area contributed by atoms with Crippen molar-refractivity contribution < 1.29 is 9.85 Å². The van der Waals surface area contributed by atoms with Crippen LogP contribution in [0.2, 0.25) is 10.0 Å². The third-order valence-electron chi connectivity index (χ3n) is 2.48. The molecule has 0 atom stereocenters. The van der Waals surface area contributed by atoms with E-state index in [-0.39, 0.29) is 32.8 Å². The number of rotatable bonds is 2. The van der Waals surface area contributed by atoms with Crippen LogP contribution >= 0.6 is 39.1 Å². The Bertz CT molecular complexity index is 753. The number of nitro groups is 2. The van der Waals surface area contributed by atoms with Crippen molar-refractivity contribution in [2.75, 3.05) is 11.5 Å². The summed E-state index contributed by atoms with van der Waals surface area (Å²) in [5.74, 6) is 0. The maximum Gasteiger partial charge on any atom is 0.311 e. The Kier molecular flexibility index (Phi) is 6.55. The third-order valence-corrected chi connectivity index (χ3v) is 4.06. The molecular formula is C12H9BrCl2N4O4. The van der Waals surface area contributed by atoms with Gasteiger partial charge in [-0.15, -0.1) is 0 Å². The standard InChI is InChI=1S/C6H4BrClN2O2.C6H5ClN2O2/c7-3-1-2-4(9)6(5(3)8)10(11)12;7-4-2-1-3-5(8)6(4)9(10)11/h1-2H,9H2;1-3H,8H2. The summed E-state index contributed by atoms with van der Waals surface area (Å²) in [4.78, 5) is 19.5. The van der Waals surface area contributed by atoms with Crippen LogP contribution < -0.4 is 11.5 Å². The minimum Gasteiger partial charge on any atom is -0.393 e. The topological polar surface area (TPSA) is 138 Å². The molecule has 0 aliphatic carbocycles. The lowest BCUT2D eigenvalue weighted by Gasteiger charge is -2.00. The number of benzene rings is 2. The average Bonchev–Trinajstić information content (AvgIpc) is 2.43. The van der Waals surface area contributed by atoms with Gasteiger partial charge >= 0.3 is 11.4 Å². The average molecular weight is 424 g/mol. The number of para-hydroxylation sites is 1. The van der Waals surface area contributed by atoms with Crippen LogP contribution in [0, 0.1) is 20.2 Å². The predicted molar refractivity (Wildman–Crippen MR) is 92.7 cm³/mol. The highest BCUT2D eigenvalue weighted by molar-refractivity contribution is 9.10. The highest BCUT2D eigenvalue weighted by atomic mass is 79.9. The molecule has 0 aliphatic rings. The molecule has 0 aliphatic heterocycles. The number of nitrogens with zero attached hydrogens (tertiary/aromatic N) is 2. The highest BCUT2D eigenvalue weighted by Crippen LogP contribution is 2.36. The first-order valence-corrected chi connectivity index (χ1v) is 7.28. The Morgan fingerprint density at radius 1 is 0.913 bits per heavy atom. The fraction of sp³-hybridized carbons (Fsp3) is 0. The maximum atomic E-state index is 10.4. The Morgan fingerprint density at radius 2 is 1.43 bits per heavy atom. The van der Waals surface area contributed by atoms with E-state index in [2.05, 4.69) is 15.9 Å². The molecule has 0 bridgehead atoms. The van der Waals surface area contributed by atoms with Gasteiger partial charge in [-0.05, 0) is 40.2 Å². The van der Waals surface area contributed by atoms with E-state index in [1.807, 2.05) is 0 Å². The summed E-state index contributed by atoms with van der Waals surface area (Å²) in [5, 5.41) is 20.8. The van der Waals surface area contributed by atoms with E-state index in [1.54, 1.807) is 12.1 Å². The van der Waals surface area contributed by atoms with Gasteiger partial charge in [-0.3, -0.25) is 20.2 Å². The molecule has 0 amide bonds. The monoisotopic (exact) mass is 422 g/mol. The molecular weight excluding hydrogens is 415 g/mol. The number of nitrogen functional groups attached to an aromatic ring is 2. The number of nitro benzene ring substituents is 2. The molecule has 0 heterocycles. The molecule has 0 spiro atoms. The summed E-state index contributed by atoms with van der Waals surface area (Å²) >= 11 is 14.2. The fourth-order valence-electron chi connectivity index (χ4n) is 1.47. The number of halogens is 3. The van der Waals surface area contributed by atoms with E-state index >= 15 is 0 Å². The molecule has 122 valence electrons. The van der Waals surface area contributed by atoms with Crippen LogP contribution in [0.3, 0.4) is 0 Å². The van der Waals surface area contributed by atoms with Crippen molar-refractivity contribution in [2.24, 2.45) is 0 Å². The fourth-order valence-corrected chi connectivity index (χ4v) is 2.28. The van der Waals surface area contributed by atoms with Gasteiger partial charge in [0.05, 0.1) is 9.85 Å². The molecule has 2 rings (SSSR count). The number of nitrogens with two attached hydrogens (primary N) is 2. The molecule has 4 N–H and O–H groups in total. The lowest BCUT2D eigenvalue weighted by atomic mass is 10.3. The van der Waals surface area contributed by atoms with Gasteiger partial charge in [0.25, 0.3) is 0 Å². The van der Waals surface area contributed by atoms with Gasteiger partial charge in [0.15, 0.2) is 0 Å². The largest absolute Gasteiger partial charge is 0.393 e. The summed E-state index contributed by atoms with van der Waals surface area (Å²) in [7, 11) is 0. The lowest BCUT2D eigenvalue weighted by Crippen LogP contribution is -1.96. The van der Waals surface area contributed by atoms with Crippen LogP contribution in [-0.4, -0.2) is 9.85 Å². The van der Waals surface area contributed by atoms with Gasteiger partial charge in [-0.2, -0.15) is 0 Å². The Labute approximate surface area is 148 Å². The summed E-state index contributed by atoms with van der Waals surface area (Å²) in [5.41, 5.74) is 10.3. The first kappa shape index (κ1) is 18.9. The van der Waals surface area contributed by atoms with E-state index in [4.69, 9.17) is 34.7 Å². The highest BCUT2D eigenvalue weighted by Gasteiger charge is 2.18. The van der Waals surface area contributed by atoms with Crippen LogP contribution in [0.15, 0.2) is 34.8 Å². The SMILES string of the molecule is Nc1ccc(Br)c(Cl)c1[N+](=O)[O-].Nc1cccc(Cl)c1[N+](=O)[O-]. The molecule has 8 nitrogen and oxygen atoms in total. The molecule has 0 radical (unpaired) electrons. The van der Waals surface area contributed by atoms with Crippen LogP contribution in [0.25, 0.3) is 0 Å². The van der Waals surface area contributed by atoms with E-state index in [0.29, 0.717) is 4.47 Å². The van der Waals surface area contributed by atoms with Crippen molar-refractivity contribution in [3.63, 3.8) is 0 Å². The van der Waals surface area contributed by atoms with Gasteiger partial charge in [0, 0.05) is 4.47 Å². The molecule has 2 aromatic carbocycles. The zero-order valence-corrected chi connectivity index (χ0v) is 14.3. The number of hydrogen-bond acceptors (Lipinski definition) is 6. The van der Waals surface area contributed by atoms with Crippen molar-refractivity contribution in [1.82, 2.24) is 0 Å².